The molecule has 0 unspecified atom stereocenters. The minimum atomic E-state index is -0.807. The third kappa shape index (κ3) is 10.2. The molecule has 0 bridgehead atoms. The number of aromatic nitrogens is 1. The molecule has 1 aromatic heterocycles. The van der Waals surface area contributed by atoms with Gasteiger partial charge in [0.2, 0.25) is 0 Å². The topological polar surface area (TPSA) is 141 Å². The molecular formula is C34H44ClN5O8S. The molecule has 1 aromatic carbocycles. The molecule has 2 N–H and O–H groups in total. The molecule has 1 saturated heterocycles. The fraction of sp³-hybridized carbons (Fsp3) is 0.500. The quantitative estimate of drug-likeness (QED) is 0.307. The molecule has 3 heterocycles. The smallest absolute Gasteiger partial charge is 0.417 e. The van der Waals surface area contributed by atoms with Crippen LogP contribution in [0, 0.1) is 0 Å². The molecule has 1 fully saturated rings. The molecule has 0 radical (unpaired) electrons. The lowest BCUT2D eigenvalue weighted by Gasteiger charge is -2.36. The van der Waals surface area contributed by atoms with Crippen molar-refractivity contribution >= 4 is 52.6 Å². The predicted molar refractivity (Wildman–Crippen MR) is 188 cm³/mol. The van der Waals surface area contributed by atoms with Crippen LogP contribution >= 0.6 is 23.8 Å². The number of hydrogen-bond donors (Lipinski definition) is 2. The zero-order valence-electron chi connectivity index (χ0n) is 28.9. The number of nitrogens with zero attached hydrogens (tertiary/aromatic N) is 3. The van der Waals surface area contributed by atoms with Crippen molar-refractivity contribution in [2.24, 2.45) is 0 Å². The van der Waals surface area contributed by atoms with Gasteiger partial charge < -0.3 is 34.3 Å². The molecule has 15 heteroatoms. The Morgan fingerprint density at radius 3 is 2.49 bits per heavy atom. The first-order valence-electron chi connectivity index (χ1n) is 15.9. The molecule has 0 aliphatic carbocycles. The van der Waals surface area contributed by atoms with E-state index >= 15 is 0 Å². The van der Waals surface area contributed by atoms with Crippen molar-refractivity contribution in [2.45, 2.75) is 71.8 Å². The zero-order valence-corrected chi connectivity index (χ0v) is 30.5. The van der Waals surface area contributed by atoms with Crippen molar-refractivity contribution in [3.8, 4) is 11.5 Å². The molecule has 2 aliphatic heterocycles. The van der Waals surface area contributed by atoms with E-state index in [0.717, 1.165) is 10.5 Å². The number of morpholine rings is 1. The number of rotatable bonds is 9. The number of thiocarbonyl (C=S) groups is 1. The molecule has 266 valence electrons. The fourth-order valence-corrected chi connectivity index (χ4v) is 5.61. The van der Waals surface area contributed by atoms with Crippen molar-refractivity contribution < 1.29 is 38.1 Å². The number of hydrogen-bond acceptors (Lipinski definition) is 11. The average molecular weight is 718 g/mol. The van der Waals surface area contributed by atoms with E-state index in [2.05, 4.69) is 15.6 Å². The van der Waals surface area contributed by atoms with Crippen molar-refractivity contribution in [3.05, 3.63) is 58.5 Å². The van der Waals surface area contributed by atoms with Crippen molar-refractivity contribution in [2.75, 3.05) is 45.3 Å². The molecule has 49 heavy (non-hydrogen) atoms. The van der Waals surface area contributed by atoms with Gasteiger partial charge in [-0.25, -0.2) is 14.5 Å². The summed E-state index contributed by atoms with van der Waals surface area (Å²) in [5.41, 5.74) is 0.351. The van der Waals surface area contributed by atoms with Crippen LogP contribution in [0.2, 0.25) is 5.02 Å². The lowest BCUT2D eigenvalue weighted by atomic mass is 10.0. The summed E-state index contributed by atoms with van der Waals surface area (Å²) in [5, 5.41) is 6.77. The third-order valence-electron chi connectivity index (χ3n) is 7.26. The SMILES string of the molecule is COc1c(Cl)cccc1NC(=S)C1=C(NCc2ccncc2OC[C@@H]2COCCN2C(=O)OC(C)(C)C)CCN(C(=O)OC(C)(C)C)C1=O. The van der Waals surface area contributed by atoms with Crippen LogP contribution in [0.1, 0.15) is 53.5 Å². The van der Waals surface area contributed by atoms with E-state index in [1.165, 1.54) is 7.11 Å². The van der Waals surface area contributed by atoms with Gasteiger partial charge in [-0.1, -0.05) is 29.9 Å². The summed E-state index contributed by atoms with van der Waals surface area (Å²) in [7, 11) is 1.47. The molecule has 3 amide bonds. The van der Waals surface area contributed by atoms with Crippen LogP contribution < -0.4 is 20.1 Å². The molecule has 0 saturated carbocycles. The number of ether oxygens (including phenoxy) is 5. The van der Waals surface area contributed by atoms with Crippen LogP contribution in [0.25, 0.3) is 0 Å². The summed E-state index contributed by atoms with van der Waals surface area (Å²) < 4.78 is 28.4. The number of methoxy groups -OCH3 is 1. The van der Waals surface area contributed by atoms with Crippen molar-refractivity contribution in [1.82, 2.24) is 20.1 Å². The Bertz CT molecular complexity index is 1590. The second-order valence-corrected chi connectivity index (χ2v) is 14.2. The van der Waals surface area contributed by atoms with Crippen LogP contribution in [-0.4, -0.2) is 95.1 Å². The van der Waals surface area contributed by atoms with Crippen LogP contribution in [0.5, 0.6) is 11.5 Å². The number of pyridine rings is 1. The first-order chi connectivity index (χ1) is 23.1. The molecule has 4 rings (SSSR count). The lowest BCUT2D eigenvalue weighted by molar-refractivity contribution is -0.126. The Labute approximate surface area is 297 Å². The van der Waals surface area contributed by atoms with Gasteiger partial charge in [0.25, 0.3) is 5.91 Å². The van der Waals surface area contributed by atoms with Gasteiger partial charge in [-0.05, 0) is 59.7 Å². The molecule has 1 atom stereocenters. The van der Waals surface area contributed by atoms with E-state index < -0.39 is 29.3 Å². The van der Waals surface area contributed by atoms with Gasteiger partial charge in [0.15, 0.2) is 5.75 Å². The molecule has 13 nitrogen and oxygen atoms in total. The molecule has 2 aromatic rings. The Balaban J connectivity index is 1.56. The summed E-state index contributed by atoms with van der Waals surface area (Å²) in [6.45, 7) is 12.2. The third-order valence-corrected chi connectivity index (χ3v) is 7.86. The summed E-state index contributed by atoms with van der Waals surface area (Å²) in [4.78, 5) is 46.7. The van der Waals surface area contributed by atoms with Gasteiger partial charge in [0, 0.05) is 43.5 Å². The number of anilines is 1. The van der Waals surface area contributed by atoms with Gasteiger partial charge in [-0.3, -0.25) is 14.7 Å². The van der Waals surface area contributed by atoms with Gasteiger partial charge in [-0.15, -0.1) is 0 Å². The van der Waals surface area contributed by atoms with E-state index in [-0.39, 0.29) is 42.7 Å². The highest BCUT2D eigenvalue weighted by atomic mass is 35.5. The number of carbonyl (C=O) groups excluding carboxylic acids is 3. The Morgan fingerprint density at radius 1 is 1.08 bits per heavy atom. The Kier molecular flexibility index (Phi) is 12.3. The standard InChI is InChI=1S/C34H44ClN5O8S/c1-33(2,3)47-31(42)39-15-16-45-19-22(39)20-46-26-18-36-13-11-21(26)17-37-24-12-14-40(32(43)48-34(4,5)6)30(41)27(24)29(49)38-25-10-8-9-23(35)28(25)44-7/h8-11,13,18,22,37H,12,14-17,19-20H2,1-7H3,(H,38,49)/t22-/m0/s1. The summed E-state index contributed by atoms with van der Waals surface area (Å²) >= 11 is 12.1. The second kappa shape index (κ2) is 16.0. The lowest BCUT2D eigenvalue weighted by Crippen LogP contribution is -2.52. The number of amides is 3. The maximum Gasteiger partial charge on any atom is 0.417 e. The van der Waals surface area contributed by atoms with Crippen LogP contribution in [-0.2, 0) is 25.5 Å². The molecule has 0 spiro atoms. The number of nitrogens with one attached hydrogen (secondary N) is 2. The second-order valence-electron chi connectivity index (χ2n) is 13.4. The van der Waals surface area contributed by atoms with Crippen molar-refractivity contribution in [3.63, 3.8) is 0 Å². The van der Waals surface area contributed by atoms with Gasteiger partial charge in [0.1, 0.15) is 28.5 Å². The van der Waals surface area contributed by atoms with E-state index in [9.17, 15) is 14.4 Å². The maximum atomic E-state index is 13.9. The largest absolute Gasteiger partial charge is 0.493 e. The molecule has 2 aliphatic rings. The Morgan fingerprint density at radius 2 is 1.80 bits per heavy atom. The van der Waals surface area contributed by atoms with Gasteiger partial charge >= 0.3 is 12.2 Å². The van der Waals surface area contributed by atoms with E-state index in [4.69, 9.17) is 47.5 Å². The van der Waals surface area contributed by atoms with Gasteiger partial charge in [0.05, 0.1) is 48.8 Å². The van der Waals surface area contributed by atoms with Gasteiger partial charge in [-0.2, -0.15) is 0 Å². The van der Waals surface area contributed by atoms with Crippen LogP contribution in [0.4, 0.5) is 15.3 Å². The number of halogens is 1. The number of para-hydroxylation sites is 1. The number of benzene rings is 1. The van der Waals surface area contributed by atoms with Crippen LogP contribution in [0.3, 0.4) is 0 Å². The first kappa shape index (κ1) is 37.7. The first-order valence-corrected chi connectivity index (χ1v) is 16.7. The summed E-state index contributed by atoms with van der Waals surface area (Å²) in [5.74, 6) is 0.210. The molecular weight excluding hydrogens is 674 g/mol. The highest BCUT2D eigenvalue weighted by molar-refractivity contribution is 7.81. The monoisotopic (exact) mass is 717 g/mol. The minimum Gasteiger partial charge on any atom is -0.493 e. The highest BCUT2D eigenvalue weighted by Crippen LogP contribution is 2.34. The minimum absolute atomic E-state index is 0.0621. The average Bonchev–Trinajstić information content (AvgIpc) is 3.01. The van der Waals surface area contributed by atoms with Crippen LogP contribution in [0.15, 0.2) is 47.9 Å². The number of imide groups is 1. The summed E-state index contributed by atoms with van der Waals surface area (Å²) in [6, 6.07) is 6.51. The van der Waals surface area contributed by atoms with E-state index in [1.54, 1.807) is 62.3 Å². The zero-order chi connectivity index (χ0) is 35.9. The van der Waals surface area contributed by atoms with Crippen molar-refractivity contribution in [1.29, 1.82) is 0 Å². The maximum absolute atomic E-state index is 13.9. The van der Waals surface area contributed by atoms with E-state index in [0.29, 0.717) is 47.7 Å². The normalized spacial score (nSPS) is 17.0. The Hall–Kier alpha value is -4.14. The summed E-state index contributed by atoms with van der Waals surface area (Å²) in [6.07, 6.45) is 2.29. The highest BCUT2D eigenvalue weighted by Gasteiger charge is 2.37. The number of carbonyl (C=O) groups is 3. The van der Waals surface area contributed by atoms with E-state index in [1.807, 2.05) is 20.8 Å². The fourth-order valence-electron chi connectivity index (χ4n) is 5.04. The predicted octanol–water partition coefficient (Wildman–Crippen LogP) is 5.71.